The SMILES string of the molecule is COc1cc(-c2cnc(NC(C)=O)cc2Nc2ccnc(C(C)(F)F)n2)nc(OC)n1. The number of alkyl halides is 2. The van der Waals surface area contributed by atoms with Crippen LogP contribution in [0.5, 0.6) is 11.9 Å². The summed E-state index contributed by atoms with van der Waals surface area (Å²) in [4.78, 5) is 31.4. The van der Waals surface area contributed by atoms with E-state index in [1.54, 1.807) is 6.07 Å². The Balaban J connectivity index is 2.10. The van der Waals surface area contributed by atoms with E-state index < -0.39 is 11.7 Å². The highest BCUT2D eigenvalue weighted by atomic mass is 19.3. The number of pyridine rings is 1. The molecule has 3 rings (SSSR count). The van der Waals surface area contributed by atoms with Gasteiger partial charge in [0.25, 0.3) is 0 Å². The van der Waals surface area contributed by atoms with E-state index >= 15 is 0 Å². The number of anilines is 3. The molecule has 0 aliphatic heterocycles. The number of halogens is 2. The molecule has 2 N–H and O–H groups in total. The molecule has 162 valence electrons. The van der Waals surface area contributed by atoms with E-state index in [0.29, 0.717) is 23.9 Å². The molecule has 0 saturated heterocycles. The fourth-order valence-corrected chi connectivity index (χ4v) is 2.53. The molecule has 12 heteroatoms. The Morgan fingerprint density at radius 3 is 2.48 bits per heavy atom. The summed E-state index contributed by atoms with van der Waals surface area (Å²) in [5.74, 6) is -3.59. The van der Waals surface area contributed by atoms with Crippen LogP contribution >= 0.6 is 0 Å². The number of amides is 1. The molecular weight excluding hydrogens is 412 g/mol. The highest BCUT2D eigenvalue weighted by Crippen LogP contribution is 2.33. The number of hydrogen-bond donors (Lipinski definition) is 2. The van der Waals surface area contributed by atoms with Gasteiger partial charge in [0.1, 0.15) is 11.6 Å². The van der Waals surface area contributed by atoms with E-state index in [1.807, 2.05) is 0 Å². The molecule has 3 aromatic heterocycles. The van der Waals surface area contributed by atoms with Crippen molar-refractivity contribution in [1.29, 1.82) is 0 Å². The lowest BCUT2D eigenvalue weighted by Gasteiger charge is -2.15. The zero-order valence-electron chi connectivity index (χ0n) is 17.1. The largest absolute Gasteiger partial charge is 0.481 e. The van der Waals surface area contributed by atoms with Gasteiger partial charge in [-0.2, -0.15) is 18.7 Å². The second-order valence-electron chi connectivity index (χ2n) is 6.36. The van der Waals surface area contributed by atoms with Gasteiger partial charge in [-0.3, -0.25) is 4.79 Å². The number of carbonyl (C=O) groups is 1. The zero-order valence-corrected chi connectivity index (χ0v) is 17.1. The molecule has 0 spiro atoms. The number of rotatable bonds is 7. The molecule has 0 saturated carbocycles. The zero-order chi connectivity index (χ0) is 22.6. The molecule has 3 heterocycles. The molecule has 0 bridgehead atoms. The van der Waals surface area contributed by atoms with Crippen LogP contribution in [0.4, 0.5) is 26.1 Å². The summed E-state index contributed by atoms with van der Waals surface area (Å²) in [5.41, 5.74) is 1.21. The first kappa shape index (κ1) is 21.7. The third-order valence-electron chi connectivity index (χ3n) is 3.87. The topological polar surface area (TPSA) is 124 Å². The maximum absolute atomic E-state index is 13.6. The second kappa shape index (κ2) is 8.81. The van der Waals surface area contributed by atoms with Gasteiger partial charge in [-0.05, 0) is 6.07 Å². The van der Waals surface area contributed by atoms with Gasteiger partial charge >= 0.3 is 11.9 Å². The van der Waals surface area contributed by atoms with Crippen molar-refractivity contribution in [3.05, 3.63) is 36.4 Å². The Kier molecular flexibility index (Phi) is 6.18. The van der Waals surface area contributed by atoms with Gasteiger partial charge in [0.15, 0.2) is 0 Å². The normalized spacial score (nSPS) is 11.0. The van der Waals surface area contributed by atoms with Gasteiger partial charge in [0, 0.05) is 43.9 Å². The van der Waals surface area contributed by atoms with Crippen molar-refractivity contribution in [3.8, 4) is 23.1 Å². The molecule has 0 radical (unpaired) electrons. The minimum Gasteiger partial charge on any atom is -0.481 e. The van der Waals surface area contributed by atoms with Crippen molar-refractivity contribution >= 4 is 23.2 Å². The molecule has 0 aromatic carbocycles. The highest BCUT2D eigenvalue weighted by Gasteiger charge is 2.28. The molecule has 0 unspecified atom stereocenters. The smallest absolute Gasteiger partial charge is 0.320 e. The summed E-state index contributed by atoms with van der Waals surface area (Å²) >= 11 is 0. The predicted octanol–water partition coefficient (Wildman–Crippen LogP) is 3.16. The van der Waals surface area contributed by atoms with Crippen LogP contribution in [0.2, 0.25) is 0 Å². The summed E-state index contributed by atoms with van der Waals surface area (Å²) in [6.45, 7) is 2.04. The third-order valence-corrected chi connectivity index (χ3v) is 3.87. The standard InChI is InChI=1S/C19H19F2N7O3/c1-10(29)24-15-7-12(25-14-5-6-22-17(27-14)19(2,20)21)11(9-23-15)13-8-16(30-3)28-18(26-13)31-4/h5-9H,1-4H3,(H2,22,23,24,25,27,29). The molecule has 10 nitrogen and oxygen atoms in total. The lowest BCUT2D eigenvalue weighted by atomic mass is 10.1. The Morgan fingerprint density at radius 2 is 1.84 bits per heavy atom. The number of ether oxygens (including phenoxy) is 2. The minimum atomic E-state index is -3.21. The van der Waals surface area contributed by atoms with Crippen molar-refractivity contribution in [1.82, 2.24) is 24.9 Å². The van der Waals surface area contributed by atoms with Crippen LogP contribution in [-0.4, -0.2) is 45.0 Å². The first-order chi connectivity index (χ1) is 14.7. The first-order valence-corrected chi connectivity index (χ1v) is 8.93. The first-order valence-electron chi connectivity index (χ1n) is 8.93. The van der Waals surface area contributed by atoms with Gasteiger partial charge in [0.2, 0.25) is 17.6 Å². The van der Waals surface area contributed by atoms with Crippen molar-refractivity contribution in [2.75, 3.05) is 24.9 Å². The maximum atomic E-state index is 13.6. The highest BCUT2D eigenvalue weighted by molar-refractivity contribution is 5.89. The molecule has 0 fully saturated rings. The second-order valence-corrected chi connectivity index (χ2v) is 6.36. The maximum Gasteiger partial charge on any atom is 0.320 e. The summed E-state index contributed by atoms with van der Waals surface area (Å²) < 4.78 is 37.6. The number of nitrogens with zero attached hydrogens (tertiary/aromatic N) is 5. The number of hydrogen-bond acceptors (Lipinski definition) is 9. The van der Waals surface area contributed by atoms with E-state index in [9.17, 15) is 13.6 Å². The number of nitrogens with one attached hydrogen (secondary N) is 2. The molecule has 31 heavy (non-hydrogen) atoms. The summed E-state index contributed by atoms with van der Waals surface area (Å²) in [5, 5.41) is 5.52. The van der Waals surface area contributed by atoms with Crippen molar-refractivity contribution in [3.63, 3.8) is 0 Å². The molecule has 0 aliphatic carbocycles. The fourth-order valence-electron chi connectivity index (χ4n) is 2.53. The molecule has 3 aromatic rings. The van der Waals surface area contributed by atoms with Crippen LogP contribution in [0.3, 0.4) is 0 Å². The molecule has 0 aliphatic rings. The van der Waals surface area contributed by atoms with E-state index in [-0.39, 0.29) is 29.4 Å². The van der Waals surface area contributed by atoms with Gasteiger partial charge in [-0.1, -0.05) is 0 Å². The average Bonchev–Trinajstić information content (AvgIpc) is 2.72. The Hall–Kier alpha value is -3.96. The summed E-state index contributed by atoms with van der Waals surface area (Å²) in [7, 11) is 2.85. The van der Waals surface area contributed by atoms with Crippen LogP contribution in [0.25, 0.3) is 11.3 Å². The summed E-state index contributed by atoms with van der Waals surface area (Å²) in [6.07, 6.45) is 2.67. The molecule has 0 atom stereocenters. The van der Waals surface area contributed by atoms with Crippen LogP contribution in [0.15, 0.2) is 30.6 Å². The van der Waals surface area contributed by atoms with E-state index in [0.717, 1.165) is 0 Å². The summed E-state index contributed by atoms with van der Waals surface area (Å²) in [6, 6.07) is 4.55. The number of methoxy groups -OCH3 is 2. The predicted molar refractivity (Wildman–Crippen MR) is 108 cm³/mol. The molecular formula is C19H19F2N7O3. The van der Waals surface area contributed by atoms with Crippen molar-refractivity contribution in [2.24, 2.45) is 0 Å². The minimum absolute atomic E-state index is 0.0567. The lowest BCUT2D eigenvalue weighted by Crippen LogP contribution is -2.13. The Labute approximate surface area is 176 Å². The van der Waals surface area contributed by atoms with Crippen LogP contribution < -0.4 is 20.1 Å². The average molecular weight is 431 g/mol. The third kappa shape index (κ3) is 5.35. The lowest BCUT2D eigenvalue weighted by molar-refractivity contribution is -0.114. The Bertz CT molecular complexity index is 1080. The number of carbonyl (C=O) groups excluding carboxylic acids is 1. The van der Waals surface area contributed by atoms with Crippen LogP contribution in [0.1, 0.15) is 19.7 Å². The molecule has 1 amide bonds. The monoisotopic (exact) mass is 431 g/mol. The van der Waals surface area contributed by atoms with Gasteiger partial charge in [-0.15, -0.1) is 0 Å². The number of aromatic nitrogens is 5. The van der Waals surface area contributed by atoms with E-state index in [2.05, 4.69) is 35.6 Å². The van der Waals surface area contributed by atoms with E-state index in [4.69, 9.17) is 9.47 Å². The quantitative estimate of drug-likeness (QED) is 0.580. The van der Waals surface area contributed by atoms with Crippen LogP contribution in [0, 0.1) is 0 Å². The van der Waals surface area contributed by atoms with Gasteiger partial charge < -0.3 is 20.1 Å². The fraction of sp³-hybridized carbons (Fsp3) is 0.263. The van der Waals surface area contributed by atoms with Gasteiger partial charge in [0.05, 0.1) is 25.6 Å². The van der Waals surface area contributed by atoms with Crippen LogP contribution in [-0.2, 0) is 10.7 Å². The van der Waals surface area contributed by atoms with Gasteiger partial charge in [-0.25, -0.2) is 15.0 Å². The van der Waals surface area contributed by atoms with Crippen molar-refractivity contribution < 1.29 is 23.0 Å². The van der Waals surface area contributed by atoms with E-state index in [1.165, 1.54) is 45.7 Å². The Morgan fingerprint density at radius 1 is 1.06 bits per heavy atom. The van der Waals surface area contributed by atoms with Crippen molar-refractivity contribution in [2.45, 2.75) is 19.8 Å².